The molecule has 0 amide bonds. The minimum Gasteiger partial charge on any atom is -0.494 e. The van der Waals surface area contributed by atoms with Gasteiger partial charge in [0.2, 0.25) is 0 Å². The van der Waals surface area contributed by atoms with Crippen molar-refractivity contribution in [2.24, 2.45) is 0 Å². The number of hydrogen-bond donors (Lipinski definition) is 0. The van der Waals surface area contributed by atoms with Crippen LogP contribution < -0.4 is 4.74 Å². The van der Waals surface area contributed by atoms with E-state index in [0.29, 0.717) is 29.9 Å². The zero-order chi connectivity index (χ0) is 17.3. The number of rotatable bonds is 4. The molecular formula is C17H13F3N2O2. The summed E-state index contributed by atoms with van der Waals surface area (Å²) in [6.07, 6.45) is -3.10. The highest BCUT2D eigenvalue weighted by atomic mass is 19.4. The molecule has 0 saturated heterocycles. The van der Waals surface area contributed by atoms with Crippen LogP contribution in [-0.4, -0.2) is 22.3 Å². The topological polar surface area (TPSA) is 43.6 Å². The lowest BCUT2D eigenvalue weighted by Gasteiger charge is -2.07. The summed E-state index contributed by atoms with van der Waals surface area (Å²) in [5.41, 5.74) is 0.452. The largest absolute Gasteiger partial charge is 0.494 e. The maximum Gasteiger partial charge on any atom is 0.417 e. The van der Waals surface area contributed by atoms with Crippen LogP contribution in [0.5, 0.6) is 5.75 Å². The molecule has 2 heterocycles. The fourth-order valence-electron chi connectivity index (χ4n) is 2.43. The summed E-state index contributed by atoms with van der Waals surface area (Å²) in [5, 5.41) is 0. The van der Waals surface area contributed by atoms with Crippen molar-refractivity contribution in [3.63, 3.8) is 0 Å². The Bertz CT molecular complexity index is 883. The second-order valence-corrected chi connectivity index (χ2v) is 5.06. The number of fused-ring (bicyclic) bond motifs is 1. The van der Waals surface area contributed by atoms with Crippen molar-refractivity contribution in [3.8, 4) is 17.0 Å². The Morgan fingerprint density at radius 3 is 2.46 bits per heavy atom. The standard InChI is InChI=1S/C17H13F3N2O2/c1-2-24-13-6-3-11(4-7-13)16-14(10-23)22-9-12(17(18,19)20)5-8-15(22)21-16/h3-10H,2H2,1H3. The van der Waals surface area contributed by atoms with Gasteiger partial charge >= 0.3 is 6.18 Å². The zero-order valence-corrected chi connectivity index (χ0v) is 12.7. The lowest BCUT2D eigenvalue weighted by atomic mass is 10.1. The predicted octanol–water partition coefficient (Wildman–Crippen LogP) is 4.23. The van der Waals surface area contributed by atoms with Crippen molar-refractivity contribution < 1.29 is 22.7 Å². The van der Waals surface area contributed by atoms with E-state index in [1.165, 1.54) is 6.07 Å². The van der Waals surface area contributed by atoms with Crippen LogP contribution >= 0.6 is 0 Å². The van der Waals surface area contributed by atoms with Crippen LogP contribution in [0, 0.1) is 0 Å². The summed E-state index contributed by atoms with van der Waals surface area (Å²) < 4.78 is 45.1. The van der Waals surface area contributed by atoms with Gasteiger partial charge in [-0.2, -0.15) is 13.2 Å². The van der Waals surface area contributed by atoms with E-state index in [0.717, 1.165) is 16.7 Å². The molecule has 124 valence electrons. The van der Waals surface area contributed by atoms with Gasteiger partial charge in [0.15, 0.2) is 6.29 Å². The van der Waals surface area contributed by atoms with Gasteiger partial charge in [-0.15, -0.1) is 0 Å². The molecular weight excluding hydrogens is 321 g/mol. The second kappa shape index (κ2) is 5.99. The van der Waals surface area contributed by atoms with E-state index in [-0.39, 0.29) is 11.3 Å². The fourth-order valence-corrected chi connectivity index (χ4v) is 2.43. The van der Waals surface area contributed by atoms with Crippen molar-refractivity contribution >= 4 is 11.9 Å². The van der Waals surface area contributed by atoms with Gasteiger partial charge < -0.3 is 4.74 Å². The highest BCUT2D eigenvalue weighted by molar-refractivity contribution is 5.86. The third-order valence-corrected chi connectivity index (χ3v) is 3.53. The van der Waals surface area contributed by atoms with Crippen LogP contribution in [0.1, 0.15) is 23.0 Å². The van der Waals surface area contributed by atoms with Crippen molar-refractivity contribution in [2.75, 3.05) is 6.61 Å². The molecule has 0 atom stereocenters. The van der Waals surface area contributed by atoms with Gasteiger partial charge in [-0.25, -0.2) is 4.98 Å². The summed E-state index contributed by atoms with van der Waals surface area (Å²) in [6, 6.07) is 9.05. The summed E-state index contributed by atoms with van der Waals surface area (Å²) >= 11 is 0. The number of benzene rings is 1. The molecule has 0 saturated carbocycles. The molecule has 0 spiro atoms. The van der Waals surface area contributed by atoms with Crippen molar-refractivity contribution in [2.45, 2.75) is 13.1 Å². The number of carbonyl (C=O) groups excluding carboxylic acids is 1. The molecule has 0 radical (unpaired) electrons. The molecule has 4 nitrogen and oxygen atoms in total. The van der Waals surface area contributed by atoms with E-state index in [1.807, 2.05) is 6.92 Å². The average molecular weight is 334 g/mol. The number of imidazole rings is 1. The van der Waals surface area contributed by atoms with Gasteiger partial charge in [-0.1, -0.05) is 0 Å². The third-order valence-electron chi connectivity index (χ3n) is 3.53. The van der Waals surface area contributed by atoms with Gasteiger partial charge in [0.25, 0.3) is 0 Å². The van der Waals surface area contributed by atoms with Crippen molar-refractivity contribution in [1.29, 1.82) is 0 Å². The highest BCUT2D eigenvalue weighted by Crippen LogP contribution is 2.31. The van der Waals surface area contributed by atoms with Crippen LogP contribution in [0.2, 0.25) is 0 Å². The molecule has 0 unspecified atom stereocenters. The summed E-state index contributed by atoms with van der Waals surface area (Å²) in [4.78, 5) is 15.7. The zero-order valence-electron chi connectivity index (χ0n) is 12.7. The van der Waals surface area contributed by atoms with E-state index in [9.17, 15) is 18.0 Å². The molecule has 0 N–H and O–H groups in total. The number of carbonyl (C=O) groups is 1. The van der Waals surface area contributed by atoms with Gasteiger partial charge in [0.05, 0.1) is 12.2 Å². The van der Waals surface area contributed by atoms with Gasteiger partial charge in [0, 0.05) is 11.8 Å². The van der Waals surface area contributed by atoms with Crippen molar-refractivity contribution in [3.05, 3.63) is 53.9 Å². The summed E-state index contributed by atoms with van der Waals surface area (Å²) in [5.74, 6) is 0.664. The molecule has 0 fully saturated rings. The SMILES string of the molecule is CCOc1ccc(-c2nc3ccc(C(F)(F)F)cn3c2C=O)cc1. The van der Waals surface area contributed by atoms with E-state index >= 15 is 0 Å². The molecule has 3 aromatic rings. The number of hydrogen-bond acceptors (Lipinski definition) is 3. The Morgan fingerprint density at radius 1 is 1.17 bits per heavy atom. The van der Waals surface area contributed by atoms with Crippen LogP contribution in [0.4, 0.5) is 13.2 Å². The highest BCUT2D eigenvalue weighted by Gasteiger charge is 2.31. The molecule has 0 aliphatic carbocycles. The Morgan fingerprint density at radius 2 is 1.88 bits per heavy atom. The van der Waals surface area contributed by atoms with Gasteiger partial charge in [-0.05, 0) is 43.3 Å². The third kappa shape index (κ3) is 2.84. The summed E-state index contributed by atoms with van der Waals surface area (Å²) in [7, 11) is 0. The second-order valence-electron chi connectivity index (χ2n) is 5.06. The molecule has 3 rings (SSSR count). The minimum absolute atomic E-state index is 0.0697. The predicted molar refractivity (Wildman–Crippen MR) is 82.2 cm³/mol. The van der Waals surface area contributed by atoms with E-state index < -0.39 is 11.7 Å². The molecule has 1 aromatic carbocycles. The number of nitrogens with zero attached hydrogens (tertiary/aromatic N) is 2. The Kier molecular flexibility index (Phi) is 4.01. The first-order chi connectivity index (χ1) is 11.4. The Labute approximate surface area is 135 Å². The molecule has 0 aliphatic rings. The Hall–Kier alpha value is -2.83. The first-order valence-corrected chi connectivity index (χ1v) is 7.21. The molecule has 24 heavy (non-hydrogen) atoms. The maximum atomic E-state index is 12.9. The fraction of sp³-hybridized carbons (Fsp3) is 0.176. The number of aromatic nitrogens is 2. The van der Waals surface area contributed by atoms with Crippen molar-refractivity contribution in [1.82, 2.24) is 9.38 Å². The quantitative estimate of drug-likeness (QED) is 0.671. The number of aldehydes is 1. The number of halogens is 3. The van der Waals surface area contributed by atoms with E-state index in [4.69, 9.17) is 4.74 Å². The van der Waals surface area contributed by atoms with E-state index in [1.54, 1.807) is 24.3 Å². The Balaban J connectivity index is 2.12. The number of alkyl halides is 3. The maximum absolute atomic E-state index is 12.9. The minimum atomic E-state index is -4.49. The molecule has 2 aromatic heterocycles. The smallest absolute Gasteiger partial charge is 0.417 e. The monoisotopic (exact) mass is 334 g/mol. The lowest BCUT2D eigenvalue weighted by molar-refractivity contribution is -0.137. The molecule has 7 heteroatoms. The van der Waals surface area contributed by atoms with Crippen LogP contribution in [0.3, 0.4) is 0 Å². The van der Waals surface area contributed by atoms with E-state index in [2.05, 4.69) is 4.98 Å². The lowest BCUT2D eigenvalue weighted by Crippen LogP contribution is -2.06. The average Bonchev–Trinajstić information content (AvgIpc) is 2.92. The van der Waals surface area contributed by atoms with Gasteiger partial charge in [0.1, 0.15) is 22.8 Å². The summed E-state index contributed by atoms with van der Waals surface area (Å²) in [6.45, 7) is 2.38. The van der Waals surface area contributed by atoms with Gasteiger partial charge in [-0.3, -0.25) is 9.20 Å². The first kappa shape index (κ1) is 16.0. The number of ether oxygens (including phenoxy) is 1. The van der Waals surface area contributed by atoms with Crippen LogP contribution in [0.15, 0.2) is 42.6 Å². The van der Waals surface area contributed by atoms with Crippen LogP contribution in [-0.2, 0) is 6.18 Å². The van der Waals surface area contributed by atoms with Crippen LogP contribution in [0.25, 0.3) is 16.9 Å². The molecule has 0 aliphatic heterocycles. The normalized spacial score (nSPS) is 11.7. The number of pyridine rings is 1. The first-order valence-electron chi connectivity index (χ1n) is 7.21. The molecule has 0 bridgehead atoms.